The van der Waals surface area contributed by atoms with Crippen LogP contribution in [0.5, 0.6) is 0 Å². The first-order chi connectivity index (χ1) is 29.7. The zero-order valence-corrected chi connectivity index (χ0v) is 37.6. The Balaban J connectivity index is 1.06. The van der Waals surface area contributed by atoms with Gasteiger partial charge >= 0.3 is 0 Å². The Labute approximate surface area is 363 Å². The minimum atomic E-state index is -2.19. The highest BCUT2D eigenvalue weighted by atomic mass is 28.3. The summed E-state index contributed by atoms with van der Waals surface area (Å²) >= 11 is 0. The Bertz CT molecular complexity index is 3010. The van der Waals surface area contributed by atoms with Gasteiger partial charge in [0, 0.05) is 34.0 Å². The molecule has 9 aromatic rings. The summed E-state index contributed by atoms with van der Waals surface area (Å²) in [6, 6.07) is 78.5. The summed E-state index contributed by atoms with van der Waals surface area (Å²) < 4.78 is 0. The molecule has 296 valence electrons. The van der Waals surface area contributed by atoms with Gasteiger partial charge in [0.2, 0.25) is 0 Å². The summed E-state index contributed by atoms with van der Waals surface area (Å²) in [6.07, 6.45) is 0. The highest BCUT2D eigenvalue weighted by Gasteiger charge is 2.36. The molecule has 0 fully saturated rings. The second-order valence-electron chi connectivity index (χ2n) is 17.8. The van der Waals surface area contributed by atoms with Crippen molar-refractivity contribution < 1.29 is 0 Å². The third-order valence-corrected chi connectivity index (χ3v) is 18.2. The van der Waals surface area contributed by atoms with Crippen LogP contribution in [-0.2, 0) is 0 Å². The van der Waals surface area contributed by atoms with Crippen LogP contribution in [0.3, 0.4) is 0 Å². The minimum Gasteiger partial charge on any atom is -0.311 e. The van der Waals surface area contributed by atoms with Gasteiger partial charge in [-0.3, -0.25) is 0 Å². The second kappa shape index (κ2) is 15.4. The van der Waals surface area contributed by atoms with Crippen molar-refractivity contribution in [2.75, 3.05) is 9.80 Å². The molecule has 0 saturated carbocycles. The van der Waals surface area contributed by atoms with Crippen molar-refractivity contribution in [3.8, 4) is 33.4 Å². The number of benzene rings is 9. The fourth-order valence-electron chi connectivity index (χ4n) is 9.43. The van der Waals surface area contributed by atoms with Gasteiger partial charge in [0.1, 0.15) is 8.07 Å². The molecule has 0 aliphatic carbocycles. The molecule has 9 aromatic carbocycles. The summed E-state index contributed by atoms with van der Waals surface area (Å²) in [7, 11) is -3.60. The van der Waals surface area contributed by atoms with Crippen molar-refractivity contribution in [3.05, 3.63) is 212 Å². The van der Waals surface area contributed by atoms with E-state index in [0.717, 1.165) is 17.1 Å². The number of nitrogens with zero attached hydrogens (tertiary/aromatic N) is 2. The van der Waals surface area contributed by atoms with E-state index in [1.165, 1.54) is 76.8 Å². The van der Waals surface area contributed by atoms with E-state index in [-0.39, 0.29) is 0 Å². The maximum atomic E-state index is 2.54. The predicted molar refractivity (Wildman–Crippen MR) is 269 cm³/mol. The van der Waals surface area contributed by atoms with E-state index in [1.54, 1.807) is 0 Å². The van der Waals surface area contributed by atoms with E-state index >= 15 is 0 Å². The zero-order valence-electron chi connectivity index (χ0n) is 35.6. The van der Waals surface area contributed by atoms with Crippen LogP contribution in [0.4, 0.5) is 34.1 Å². The van der Waals surface area contributed by atoms with Gasteiger partial charge in [-0.1, -0.05) is 184 Å². The van der Waals surface area contributed by atoms with Gasteiger partial charge in [0.05, 0.1) is 13.8 Å². The molecule has 0 atom stereocenters. The summed E-state index contributed by atoms with van der Waals surface area (Å²) in [6.45, 7) is 12.3. The maximum Gasteiger partial charge on any atom is 0.113 e. The van der Waals surface area contributed by atoms with Crippen molar-refractivity contribution in [2.24, 2.45) is 0 Å². The molecule has 0 unspecified atom stereocenters. The van der Waals surface area contributed by atoms with E-state index in [1.807, 2.05) is 0 Å². The number of rotatable bonds is 9. The third kappa shape index (κ3) is 6.92. The van der Waals surface area contributed by atoms with Crippen molar-refractivity contribution in [1.82, 2.24) is 0 Å². The molecule has 1 aliphatic heterocycles. The lowest BCUT2D eigenvalue weighted by Gasteiger charge is -2.36. The standard InChI is InChI=1S/C57H50N2Si2/c1-60(2,3)48-35-32-46(33-36-48)58(43-20-11-7-12-21-43)45-30-28-42(29-31-45)49-38-39-53-51-37-34-47(40-56(51)61(4,5)55-27-17-25-52(49)57(53)55)59(44-22-13-8-14-23-44)54-26-16-15-24-50(54)41-18-9-6-10-19-41/h6-40H,1-5H3. The fraction of sp³-hybridized carbons (Fsp3) is 0.0877. The van der Waals surface area contributed by atoms with Crippen LogP contribution in [0, 0.1) is 0 Å². The Morgan fingerprint density at radius 3 is 1.52 bits per heavy atom. The second-order valence-corrected chi connectivity index (χ2v) is 27.2. The third-order valence-electron chi connectivity index (χ3n) is 12.6. The lowest BCUT2D eigenvalue weighted by molar-refractivity contribution is 1.28. The molecule has 2 nitrogen and oxygen atoms in total. The van der Waals surface area contributed by atoms with Gasteiger partial charge in [-0.05, 0) is 116 Å². The molecule has 0 N–H and O–H groups in total. The van der Waals surface area contributed by atoms with Crippen LogP contribution in [0.2, 0.25) is 32.7 Å². The SMILES string of the molecule is C[Si](C)(C)c1ccc(N(c2ccccc2)c2ccc(-c3ccc4c5c(cccc35)[Si](C)(C)c3cc(N(c5ccccc5)c5ccccc5-c5ccccc5)ccc3-4)cc2)cc1. The van der Waals surface area contributed by atoms with Crippen molar-refractivity contribution in [1.29, 1.82) is 0 Å². The monoisotopic (exact) mass is 818 g/mol. The van der Waals surface area contributed by atoms with Crippen molar-refractivity contribution >= 4 is 76.6 Å². The maximum absolute atomic E-state index is 2.54. The van der Waals surface area contributed by atoms with E-state index in [0.29, 0.717) is 0 Å². The smallest absolute Gasteiger partial charge is 0.113 e. The molecule has 10 rings (SSSR count). The average Bonchev–Trinajstić information content (AvgIpc) is 3.30. The van der Waals surface area contributed by atoms with E-state index in [4.69, 9.17) is 0 Å². The molecule has 1 aliphatic rings. The van der Waals surface area contributed by atoms with Gasteiger partial charge in [0.25, 0.3) is 0 Å². The van der Waals surface area contributed by atoms with Crippen LogP contribution < -0.4 is 25.4 Å². The molecule has 0 bridgehead atoms. The molecule has 0 amide bonds. The summed E-state index contributed by atoms with van der Waals surface area (Å²) in [4.78, 5) is 4.81. The number of anilines is 6. The summed E-state index contributed by atoms with van der Waals surface area (Å²) in [5.74, 6) is 0. The normalized spacial score (nSPS) is 12.8. The molecule has 0 aromatic heterocycles. The van der Waals surface area contributed by atoms with Gasteiger partial charge in [-0.2, -0.15) is 0 Å². The molecular weight excluding hydrogens is 769 g/mol. The zero-order chi connectivity index (χ0) is 41.7. The van der Waals surface area contributed by atoms with Crippen LogP contribution in [0.15, 0.2) is 212 Å². The fourth-order valence-corrected chi connectivity index (χ4v) is 13.7. The number of hydrogen-bond acceptors (Lipinski definition) is 2. The minimum absolute atomic E-state index is 1.14. The molecule has 0 radical (unpaired) electrons. The lowest BCUT2D eigenvalue weighted by Crippen LogP contribution is -2.56. The van der Waals surface area contributed by atoms with Crippen LogP contribution in [0.25, 0.3) is 44.2 Å². The Morgan fingerprint density at radius 1 is 0.361 bits per heavy atom. The Hall–Kier alpha value is -6.73. The van der Waals surface area contributed by atoms with E-state index < -0.39 is 16.1 Å². The van der Waals surface area contributed by atoms with E-state index in [2.05, 4.69) is 255 Å². The highest BCUT2D eigenvalue weighted by Crippen LogP contribution is 2.44. The number of para-hydroxylation sites is 3. The topological polar surface area (TPSA) is 6.48 Å². The number of fused-ring (bicyclic) bond motifs is 2. The quantitative estimate of drug-likeness (QED) is 0.134. The first-order valence-corrected chi connectivity index (χ1v) is 27.9. The molecule has 4 heteroatoms. The Kier molecular flexibility index (Phi) is 9.70. The van der Waals surface area contributed by atoms with Crippen LogP contribution in [-0.4, -0.2) is 16.1 Å². The number of hydrogen-bond donors (Lipinski definition) is 0. The van der Waals surface area contributed by atoms with Gasteiger partial charge in [-0.15, -0.1) is 0 Å². The molecule has 61 heavy (non-hydrogen) atoms. The van der Waals surface area contributed by atoms with Gasteiger partial charge in [-0.25, -0.2) is 0 Å². The first kappa shape index (κ1) is 38.5. The highest BCUT2D eigenvalue weighted by molar-refractivity contribution is 7.03. The average molecular weight is 819 g/mol. The largest absolute Gasteiger partial charge is 0.311 e. The predicted octanol–water partition coefficient (Wildman–Crippen LogP) is 14.5. The summed E-state index contributed by atoms with van der Waals surface area (Å²) in [5.41, 5.74) is 14.6. The lowest BCUT2D eigenvalue weighted by atomic mass is 9.91. The van der Waals surface area contributed by atoms with Crippen molar-refractivity contribution in [2.45, 2.75) is 32.7 Å². The van der Waals surface area contributed by atoms with Crippen molar-refractivity contribution in [3.63, 3.8) is 0 Å². The Morgan fingerprint density at radius 2 is 0.869 bits per heavy atom. The van der Waals surface area contributed by atoms with E-state index in [9.17, 15) is 0 Å². The van der Waals surface area contributed by atoms with Crippen LogP contribution >= 0.6 is 0 Å². The summed E-state index contributed by atoms with van der Waals surface area (Å²) in [5, 5.41) is 7.16. The van der Waals surface area contributed by atoms with Crippen LogP contribution in [0.1, 0.15) is 0 Å². The molecule has 1 heterocycles. The molecule has 0 spiro atoms. The molecular formula is C57H50N2Si2. The van der Waals surface area contributed by atoms with Gasteiger partial charge in [0.15, 0.2) is 0 Å². The molecule has 0 saturated heterocycles. The first-order valence-electron chi connectivity index (χ1n) is 21.4. The van der Waals surface area contributed by atoms with Gasteiger partial charge < -0.3 is 9.80 Å².